The summed E-state index contributed by atoms with van der Waals surface area (Å²) in [7, 11) is 0. The highest BCUT2D eigenvalue weighted by Gasteiger charge is 2.23. The van der Waals surface area contributed by atoms with E-state index in [0.717, 1.165) is 47.0 Å². The Balaban J connectivity index is 1.50. The molecule has 1 aliphatic heterocycles. The van der Waals surface area contributed by atoms with Gasteiger partial charge in [-0.2, -0.15) is 0 Å². The first-order valence-electron chi connectivity index (χ1n) is 8.68. The number of thiazole rings is 1. The number of fused-ring (bicyclic) bond motifs is 2. The average molecular weight is 355 g/mol. The first-order valence-corrected chi connectivity index (χ1v) is 9.50. The van der Waals surface area contributed by atoms with Gasteiger partial charge >= 0.3 is 0 Å². The van der Waals surface area contributed by atoms with Crippen LogP contribution in [0.3, 0.4) is 0 Å². The largest absolute Gasteiger partial charge is 0.469 e. The highest BCUT2D eigenvalue weighted by atomic mass is 32.1. The highest BCUT2D eigenvalue weighted by molar-refractivity contribution is 7.22. The second kappa shape index (κ2) is 6.98. The van der Waals surface area contributed by atoms with Crippen molar-refractivity contribution in [1.82, 2.24) is 9.88 Å². The minimum Gasteiger partial charge on any atom is -0.469 e. The maximum absolute atomic E-state index is 12.9. The lowest BCUT2D eigenvalue weighted by atomic mass is 10.2. The van der Waals surface area contributed by atoms with Gasteiger partial charge in [0.25, 0.3) is 0 Å². The fraction of sp³-hybridized carbons (Fsp3) is 0.368. The summed E-state index contributed by atoms with van der Waals surface area (Å²) in [5.74, 6) is 1.17. The van der Waals surface area contributed by atoms with Crippen LogP contribution in [-0.2, 0) is 17.8 Å². The van der Waals surface area contributed by atoms with Gasteiger partial charge in [-0.1, -0.05) is 23.5 Å². The van der Waals surface area contributed by atoms with Crippen LogP contribution in [0.1, 0.15) is 24.7 Å². The predicted octanol–water partition coefficient (Wildman–Crippen LogP) is 3.69. The van der Waals surface area contributed by atoms with Crippen molar-refractivity contribution in [2.75, 3.05) is 24.5 Å². The lowest BCUT2D eigenvalue weighted by Gasteiger charge is -2.24. The minimum absolute atomic E-state index is 0.105. The van der Waals surface area contributed by atoms with E-state index in [9.17, 15) is 4.79 Å². The molecule has 5 nitrogen and oxygen atoms in total. The number of anilines is 1. The van der Waals surface area contributed by atoms with Crippen LogP contribution in [0.15, 0.2) is 41.0 Å². The van der Waals surface area contributed by atoms with E-state index in [4.69, 9.17) is 4.42 Å². The molecule has 4 rings (SSSR count). The van der Waals surface area contributed by atoms with E-state index >= 15 is 0 Å². The molecule has 1 aliphatic rings. The number of carbonyl (C=O) groups is 1. The van der Waals surface area contributed by atoms with Gasteiger partial charge in [0.2, 0.25) is 5.91 Å². The molecule has 3 aromatic rings. The number of carbonyl (C=O) groups excluding carboxylic acids is 1. The molecular formula is C19H21N3O2S. The Kier molecular flexibility index (Phi) is 4.55. The number of nitrogens with zero attached hydrogens (tertiary/aromatic N) is 3. The number of furan rings is 1. The third-order valence-corrected chi connectivity index (χ3v) is 5.66. The third kappa shape index (κ3) is 3.32. The Bertz CT molecular complexity index is 853. The molecule has 0 saturated carbocycles. The number of benzene rings is 1. The molecule has 25 heavy (non-hydrogen) atoms. The standard InChI is InChI=1S/C19H21N3O2S/c1-2-22(19-20-15-6-3-4-8-17(15)25-19)18(23)13-21-10-5-7-16-14(12-21)9-11-24-16/h3-4,6,8-9,11H,2,5,7,10,12-13H2,1H3. The molecule has 0 saturated heterocycles. The van der Waals surface area contributed by atoms with Crippen molar-refractivity contribution < 1.29 is 9.21 Å². The van der Waals surface area contributed by atoms with Crippen LogP contribution in [0.5, 0.6) is 0 Å². The zero-order valence-corrected chi connectivity index (χ0v) is 15.1. The summed E-state index contributed by atoms with van der Waals surface area (Å²) in [5.41, 5.74) is 2.15. The van der Waals surface area contributed by atoms with Gasteiger partial charge in [-0.3, -0.25) is 14.6 Å². The summed E-state index contributed by atoms with van der Waals surface area (Å²) in [5, 5.41) is 0.785. The Hall–Kier alpha value is -2.18. The molecule has 6 heteroatoms. The van der Waals surface area contributed by atoms with Crippen molar-refractivity contribution in [3.05, 3.63) is 47.9 Å². The monoisotopic (exact) mass is 355 g/mol. The number of likely N-dealkylation sites (N-methyl/N-ethyl adjacent to an activating group) is 1. The van der Waals surface area contributed by atoms with Gasteiger partial charge in [-0.05, 0) is 38.1 Å². The third-order valence-electron chi connectivity index (χ3n) is 4.60. The van der Waals surface area contributed by atoms with Crippen molar-refractivity contribution in [1.29, 1.82) is 0 Å². The SMILES string of the molecule is CCN(C(=O)CN1CCCc2occc2C1)c1nc2ccccc2s1. The van der Waals surface area contributed by atoms with Gasteiger partial charge in [0.15, 0.2) is 5.13 Å². The van der Waals surface area contributed by atoms with E-state index in [0.29, 0.717) is 13.1 Å². The van der Waals surface area contributed by atoms with Crippen LogP contribution in [0, 0.1) is 0 Å². The van der Waals surface area contributed by atoms with Crippen LogP contribution >= 0.6 is 11.3 Å². The predicted molar refractivity (Wildman–Crippen MR) is 100.0 cm³/mol. The van der Waals surface area contributed by atoms with Gasteiger partial charge in [-0.25, -0.2) is 4.98 Å². The summed E-state index contributed by atoms with van der Waals surface area (Å²) in [4.78, 5) is 21.5. The van der Waals surface area contributed by atoms with E-state index < -0.39 is 0 Å². The van der Waals surface area contributed by atoms with Crippen molar-refractivity contribution in [2.45, 2.75) is 26.3 Å². The second-order valence-corrected chi connectivity index (χ2v) is 7.29. The highest BCUT2D eigenvalue weighted by Crippen LogP contribution is 2.29. The van der Waals surface area contributed by atoms with Crippen LogP contribution in [-0.4, -0.2) is 35.4 Å². The second-order valence-electron chi connectivity index (χ2n) is 6.29. The van der Waals surface area contributed by atoms with Crippen molar-refractivity contribution in [3.8, 4) is 0 Å². The van der Waals surface area contributed by atoms with Crippen LogP contribution < -0.4 is 4.90 Å². The van der Waals surface area contributed by atoms with Gasteiger partial charge < -0.3 is 4.42 Å². The van der Waals surface area contributed by atoms with E-state index in [-0.39, 0.29) is 5.91 Å². The Morgan fingerprint density at radius 2 is 2.24 bits per heavy atom. The number of amides is 1. The van der Waals surface area contributed by atoms with Gasteiger partial charge in [0, 0.05) is 25.1 Å². The number of aryl methyl sites for hydroxylation is 1. The molecule has 0 spiro atoms. The fourth-order valence-electron chi connectivity index (χ4n) is 3.32. The molecule has 0 atom stereocenters. The number of para-hydroxylation sites is 1. The van der Waals surface area contributed by atoms with Crippen molar-refractivity contribution in [3.63, 3.8) is 0 Å². The number of hydrogen-bond acceptors (Lipinski definition) is 5. The molecule has 0 aliphatic carbocycles. The lowest BCUT2D eigenvalue weighted by molar-refractivity contribution is -0.119. The molecule has 0 N–H and O–H groups in total. The van der Waals surface area contributed by atoms with E-state index in [1.165, 1.54) is 5.56 Å². The molecule has 0 unspecified atom stereocenters. The first-order chi connectivity index (χ1) is 12.2. The van der Waals surface area contributed by atoms with E-state index in [2.05, 4.69) is 9.88 Å². The zero-order chi connectivity index (χ0) is 17.2. The molecule has 1 aromatic carbocycles. The summed E-state index contributed by atoms with van der Waals surface area (Å²) >= 11 is 1.57. The summed E-state index contributed by atoms with van der Waals surface area (Å²) < 4.78 is 6.64. The molecular weight excluding hydrogens is 334 g/mol. The average Bonchev–Trinajstić information content (AvgIpc) is 3.18. The normalized spacial score (nSPS) is 15.1. The maximum atomic E-state index is 12.9. The Morgan fingerprint density at radius 3 is 3.08 bits per heavy atom. The number of hydrogen-bond donors (Lipinski definition) is 0. The van der Waals surface area contributed by atoms with Crippen molar-refractivity contribution >= 4 is 32.6 Å². The smallest absolute Gasteiger partial charge is 0.242 e. The zero-order valence-electron chi connectivity index (χ0n) is 14.3. The topological polar surface area (TPSA) is 49.6 Å². The molecule has 0 radical (unpaired) electrons. The number of rotatable bonds is 4. The van der Waals surface area contributed by atoms with E-state index in [1.54, 1.807) is 22.5 Å². The van der Waals surface area contributed by atoms with Crippen molar-refractivity contribution in [2.24, 2.45) is 0 Å². The lowest BCUT2D eigenvalue weighted by Crippen LogP contribution is -2.40. The molecule has 130 valence electrons. The van der Waals surface area contributed by atoms with Crippen LogP contribution in [0.4, 0.5) is 5.13 Å². The summed E-state index contributed by atoms with van der Waals surface area (Å²) in [6.45, 7) is 4.72. The van der Waals surface area contributed by atoms with Crippen LogP contribution in [0.2, 0.25) is 0 Å². The van der Waals surface area contributed by atoms with Gasteiger partial charge in [-0.15, -0.1) is 0 Å². The molecule has 1 amide bonds. The quantitative estimate of drug-likeness (QED) is 0.716. The van der Waals surface area contributed by atoms with E-state index in [1.807, 2.05) is 37.3 Å². The van der Waals surface area contributed by atoms with Gasteiger partial charge in [0.05, 0.1) is 23.0 Å². The fourth-order valence-corrected chi connectivity index (χ4v) is 4.36. The molecule has 3 heterocycles. The minimum atomic E-state index is 0.105. The molecule has 2 aromatic heterocycles. The maximum Gasteiger partial charge on any atom is 0.242 e. The first kappa shape index (κ1) is 16.3. The Morgan fingerprint density at radius 1 is 1.36 bits per heavy atom. The summed E-state index contributed by atoms with van der Waals surface area (Å²) in [6, 6.07) is 10.0. The summed E-state index contributed by atoms with van der Waals surface area (Å²) in [6.07, 6.45) is 3.71. The molecule has 0 bridgehead atoms. The molecule has 0 fully saturated rings. The number of aromatic nitrogens is 1. The van der Waals surface area contributed by atoms with Crippen LogP contribution in [0.25, 0.3) is 10.2 Å². The van der Waals surface area contributed by atoms with Gasteiger partial charge in [0.1, 0.15) is 5.76 Å². The Labute approximate surface area is 150 Å².